The van der Waals surface area contributed by atoms with Crippen molar-refractivity contribution >= 4 is 18.0 Å². The second-order valence-corrected chi connectivity index (χ2v) is 9.70. The van der Waals surface area contributed by atoms with Gasteiger partial charge in [-0.15, -0.1) is 0 Å². The van der Waals surface area contributed by atoms with Crippen molar-refractivity contribution in [1.29, 1.82) is 0 Å². The van der Waals surface area contributed by atoms with Crippen LogP contribution in [0.3, 0.4) is 0 Å². The van der Waals surface area contributed by atoms with E-state index in [1.54, 1.807) is 0 Å². The summed E-state index contributed by atoms with van der Waals surface area (Å²) >= 11 is 0. The average Bonchev–Trinajstić information content (AvgIpc) is 3.50. The average molecular weight is 463 g/mol. The van der Waals surface area contributed by atoms with E-state index in [1.165, 1.54) is 27.2 Å². The van der Waals surface area contributed by atoms with E-state index < -0.39 is 12.1 Å². The van der Waals surface area contributed by atoms with Crippen LogP contribution in [0.25, 0.3) is 11.1 Å². The van der Waals surface area contributed by atoms with Gasteiger partial charge in [-0.1, -0.05) is 48.5 Å². The minimum absolute atomic E-state index is 0.0229. The largest absolute Gasteiger partial charge is 0.480 e. The smallest absolute Gasteiger partial charge is 0.407 e. The van der Waals surface area contributed by atoms with Gasteiger partial charge in [0.05, 0.1) is 0 Å². The number of carbonyl (C=O) groups excluding carboxylic acids is 2. The Morgan fingerprint density at radius 3 is 2.21 bits per heavy atom. The van der Waals surface area contributed by atoms with E-state index in [1.807, 2.05) is 24.3 Å². The highest BCUT2D eigenvalue weighted by Gasteiger charge is 2.36. The van der Waals surface area contributed by atoms with Crippen LogP contribution in [0.4, 0.5) is 4.79 Å². The molecule has 0 radical (unpaired) electrons. The summed E-state index contributed by atoms with van der Waals surface area (Å²) in [6, 6.07) is 16.5. The van der Waals surface area contributed by atoms with Crippen molar-refractivity contribution < 1.29 is 24.2 Å². The van der Waals surface area contributed by atoms with Crippen molar-refractivity contribution in [3.63, 3.8) is 0 Å². The van der Waals surface area contributed by atoms with Crippen molar-refractivity contribution in [2.75, 3.05) is 13.2 Å². The maximum Gasteiger partial charge on any atom is 0.407 e. The van der Waals surface area contributed by atoms with Crippen LogP contribution in [-0.2, 0) is 14.3 Å². The van der Waals surface area contributed by atoms with Gasteiger partial charge in [-0.2, -0.15) is 0 Å². The van der Waals surface area contributed by atoms with E-state index in [-0.39, 0.29) is 43.0 Å². The fourth-order valence-corrected chi connectivity index (χ4v) is 5.52. The Hall–Kier alpha value is -3.35. The number of carboxylic acids is 1. The lowest BCUT2D eigenvalue weighted by atomic mass is 9.98. The maximum atomic E-state index is 12.6. The molecule has 0 heterocycles. The first kappa shape index (κ1) is 22.4. The SMILES string of the molecule is O=C(O)CN(C(=O)C[C@H]1CC[C@@H](NC(=O)OCC2c3ccccc3-c3ccccc32)C1)C1CC1. The topological polar surface area (TPSA) is 95.9 Å². The monoisotopic (exact) mass is 462 g/mol. The summed E-state index contributed by atoms with van der Waals surface area (Å²) in [5, 5.41) is 12.1. The number of aliphatic carboxylic acids is 1. The van der Waals surface area contributed by atoms with Crippen molar-refractivity contribution in [1.82, 2.24) is 10.2 Å². The summed E-state index contributed by atoms with van der Waals surface area (Å²) in [5.41, 5.74) is 4.74. The third-order valence-electron chi connectivity index (χ3n) is 7.28. The zero-order chi connectivity index (χ0) is 23.7. The molecule has 0 unspecified atom stereocenters. The Morgan fingerprint density at radius 2 is 1.59 bits per heavy atom. The summed E-state index contributed by atoms with van der Waals surface area (Å²) in [4.78, 5) is 37.8. The van der Waals surface area contributed by atoms with Gasteiger partial charge in [-0.3, -0.25) is 9.59 Å². The van der Waals surface area contributed by atoms with Crippen molar-refractivity contribution in [2.24, 2.45) is 5.92 Å². The normalized spacial score (nSPS) is 20.9. The molecule has 178 valence electrons. The number of ether oxygens (including phenoxy) is 1. The van der Waals surface area contributed by atoms with Crippen LogP contribution in [0.15, 0.2) is 48.5 Å². The first-order valence-electron chi connectivity index (χ1n) is 12.1. The van der Waals surface area contributed by atoms with Crippen LogP contribution in [0.5, 0.6) is 0 Å². The minimum Gasteiger partial charge on any atom is -0.480 e. The summed E-state index contributed by atoms with van der Waals surface area (Å²) in [7, 11) is 0. The highest BCUT2D eigenvalue weighted by molar-refractivity contribution is 5.82. The van der Waals surface area contributed by atoms with E-state index >= 15 is 0 Å². The summed E-state index contributed by atoms with van der Waals surface area (Å²) in [6.07, 6.45) is 4.03. The number of hydrogen-bond acceptors (Lipinski definition) is 4. The lowest BCUT2D eigenvalue weighted by Crippen LogP contribution is -2.38. The Balaban J connectivity index is 1.12. The van der Waals surface area contributed by atoms with Gasteiger partial charge in [0.1, 0.15) is 13.2 Å². The van der Waals surface area contributed by atoms with E-state index in [0.717, 1.165) is 25.7 Å². The fourth-order valence-electron chi connectivity index (χ4n) is 5.52. The Labute approximate surface area is 199 Å². The second kappa shape index (κ2) is 9.49. The van der Waals surface area contributed by atoms with E-state index in [2.05, 4.69) is 29.6 Å². The number of nitrogens with one attached hydrogen (secondary N) is 1. The summed E-state index contributed by atoms with van der Waals surface area (Å²) in [6.45, 7) is 0.0533. The second-order valence-electron chi connectivity index (χ2n) is 9.70. The molecule has 0 saturated heterocycles. The minimum atomic E-state index is -0.971. The van der Waals surface area contributed by atoms with Gasteiger partial charge >= 0.3 is 12.1 Å². The molecular formula is C27H30N2O5. The van der Waals surface area contributed by atoms with Gasteiger partial charge < -0.3 is 20.1 Å². The number of hydrogen-bond donors (Lipinski definition) is 2. The van der Waals surface area contributed by atoms with Gasteiger partial charge in [0, 0.05) is 24.4 Å². The lowest BCUT2D eigenvalue weighted by Gasteiger charge is -2.22. The Kier molecular flexibility index (Phi) is 6.26. The van der Waals surface area contributed by atoms with Crippen LogP contribution in [-0.4, -0.2) is 53.2 Å². The molecule has 2 amide bonds. The molecule has 2 saturated carbocycles. The lowest BCUT2D eigenvalue weighted by molar-refractivity contribution is -0.145. The van der Waals surface area contributed by atoms with Crippen LogP contribution in [0.2, 0.25) is 0 Å². The van der Waals surface area contributed by atoms with Crippen molar-refractivity contribution in [2.45, 2.75) is 56.5 Å². The van der Waals surface area contributed by atoms with E-state index in [0.29, 0.717) is 12.8 Å². The fraction of sp³-hybridized carbons (Fsp3) is 0.444. The summed E-state index contributed by atoms with van der Waals surface area (Å²) < 4.78 is 5.65. The number of rotatable bonds is 8. The molecule has 0 aliphatic heterocycles. The first-order chi connectivity index (χ1) is 16.5. The standard InChI is InChI=1S/C27H30N2O5/c30-25(29(15-26(31)32)19-11-12-19)14-17-9-10-18(13-17)28-27(33)34-16-24-22-7-3-1-5-20(22)21-6-2-4-8-23(21)24/h1-8,17-19,24H,9-16H2,(H,28,33)(H,31,32)/t17-,18+/m0/s1. The van der Waals surface area contributed by atoms with Gasteiger partial charge in [-0.25, -0.2) is 4.79 Å². The predicted octanol–water partition coefficient (Wildman–Crippen LogP) is 4.16. The number of carbonyl (C=O) groups is 3. The third-order valence-corrected chi connectivity index (χ3v) is 7.28. The molecule has 2 N–H and O–H groups in total. The molecule has 2 aromatic carbocycles. The van der Waals surface area contributed by atoms with Crippen molar-refractivity contribution in [3.05, 3.63) is 59.7 Å². The third kappa shape index (κ3) is 4.79. The Morgan fingerprint density at radius 1 is 0.941 bits per heavy atom. The van der Waals surface area contributed by atoms with Crippen molar-refractivity contribution in [3.8, 4) is 11.1 Å². The molecule has 3 aliphatic rings. The molecule has 5 rings (SSSR count). The number of alkyl carbamates (subject to hydrolysis) is 1. The van der Waals surface area contributed by atoms with Gasteiger partial charge in [-0.05, 0) is 60.3 Å². The molecule has 34 heavy (non-hydrogen) atoms. The maximum absolute atomic E-state index is 12.6. The van der Waals surface area contributed by atoms with Crippen LogP contribution in [0.1, 0.15) is 55.6 Å². The zero-order valence-corrected chi connectivity index (χ0v) is 19.1. The number of nitrogens with zero attached hydrogens (tertiary/aromatic N) is 1. The molecular weight excluding hydrogens is 432 g/mol. The van der Waals surface area contributed by atoms with E-state index in [4.69, 9.17) is 9.84 Å². The number of fused-ring (bicyclic) bond motifs is 3. The molecule has 2 aromatic rings. The molecule has 2 fully saturated rings. The molecule has 2 atom stereocenters. The highest BCUT2D eigenvalue weighted by atomic mass is 16.5. The van der Waals surface area contributed by atoms with Crippen LogP contribution >= 0.6 is 0 Å². The van der Waals surface area contributed by atoms with Gasteiger partial charge in [0.2, 0.25) is 5.91 Å². The molecule has 0 aromatic heterocycles. The predicted molar refractivity (Wildman–Crippen MR) is 126 cm³/mol. The molecule has 0 bridgehead atoms. The Bertz CT molecular complexity index is 1050. The van der Waals surface area contributed by atoms with Gasteiger partial charge in [0.25, 0.3) is 0 Å². The number of amides is 2. The molecule has 3 aliphatic carbocycles. The highest BCUT2D eigenvalue weighted by Crippen LogP contribution is 2.44. The number of benzene rings is 2. The first-order valence-corrected chi connectivity index (χ1v) is 12.1. The molecule has 7 nitrogen and oxygen atoms in total. The molecule has 7 heteroatoms. The zero-order valence-electron chi connectivity index (χ0n) is 19.1. The van der Waals surface area contributed by atoms with Crippen LogP contribution < -0.4 is 5.32 Å². The quantitative estimate of drug-likeness (QED) is 0.614. The van der Waals surface area contributed by atoms with E-state index in [9.17, 15) is 14.4 Å². The molecule has 0 spiro atoms. The number of carboxylic acid groups (broad SMARTS) is 1. The summed E-state index contributed by atoms with van der Waals surface area (Å²) in [5.74, 6) is -0.880. The van der Waals surface area contributed by atoms with Crippen LogP contribution in [0, 0.1) is 5.92 Å². The van der Waals surface area contributed by atoms with Gasteiger partial charge in [0.15, 0.2) is 0 Å².